The molecule has 3 nitrogen and oxygen atoms in total. The Morgan fingerprint density at radius 1 is 0.944 bits per heavy atom. The van der Waals surface area contributed by atoms with E-state index in [0.29, 0.717) is 5.13 Å². The van der Waals surface area contributed by atoms with E-state index in [1.54, 1.807) is 0 Å². The molecule has 2 N–H and O–H groups in total. The molecule has 0 unspecified atom stereocenters. The highest BCUT2D eigenvalue weighted by Crippen LogP contribution is 2.21. The van der Waals surface area contributed by atoms with Crippen molar-refractivity contribution in [3.8, 4) is 0 Å². The van der Waals surface area contributed by atoms with E-state index in [0.717, 1.165) is 17.8 Å². The van der Waals surface area contributed by atoms with Crippen LogP contribution in [0.2, 0.25) is 0 Å². The Balaban J connectivity index is 1.86. The molecule has 0 aliphatic rings. The van der Waals surface area contributed by atoms with Gasteiger partial charge in [0.25, 0.3) is 0 Å². The van der Waals surface area contributed by atoms with E-state index < -0.39 is 0 Å². The molecule has 0 saturated carbocycles. The van der Waals surface area contributed by atoms with Gasteiger partial charge in [-0.2, -0.15) is 0 Å². The Bertz CT molecular complexity index is 670. The highest BCUT2D eigenvalue weighted by atomic mass is 32.1. The van der Waals surface area contributed by atoms with Crippen LogP contribution in [0.4, 0.5) is 5.13 Å². The molecular weight excluding hydrogens is 242 g/mol. The molecule has 3 rings (SSSR count). The van der Waals surface area contributed by atoms with Gasteiger partial charge in [-0.25, -0.2) is 0 Å². The van der Waals surface area contributed by atoms with Crippen LogP contribution in [-0.2, 0) is 12.8 Å². The highest BCUT2D eigenvalue weighted by molar-refractivity contribution is 7.15. The van der Waals surface area contributed by atoms with Crippen LogP contribution in [0.1, 0.15) is 10.6 Å². The summed E-state index contributed by atoms with van der Waals surface area (Å²) >= 11 is 1.47. The zero-order valence-corrected chi connectivity index (χ0v) is 10.7. The number of aromatic nitrogens is 2. The first kappa shape index (κ1) is 11.2. The molecular formula is C14H13N3S. The topological polar surface area (TPSA) is 51.8 Å². The maximum absolute atomic E-state index is 5.58. The van der Waals surface area contributed by atoms with Crippen molar-refractivity contribution in [2.75, 3.05) is 5.73 Å². The summed E-state index contributed by atoms with van der Waals surface area (Å²) < 4.78 is 0. The number of nitrogen functional groups attached to an aromatic ring is 1. The Kier molecular flexibility index (Phi) is 2.94. The Labute approximate surface area is 109 Å². The molecule has 3 aromatic rings. The summed E-state index contributed by atoms with van der Waals surface area (Å²) in [6, 6.07) is 14.9. The second-order valence-electron chi connectivity index (χ2n) is 4.17. The molecule has 1 heterocycles. The third-order valence-corrected chi connectivity index (χ3v) is 3.78. The number of nitrogens with zero attached hydrogens (tertiary/aromatic N) is 2. The van der Waals surface area contributed by atoms with Gasteiger partial charge >= 0.3 is 0 Å². The predicted octanol–water partition coefficient (Wildman–Crippen LogP) is 3.06. The summed E-state index contributed by atoms with van der Waals surface area (Å²) in [5.41, 5.74) is 6.93. The van der Waals surface area contributed by atoms with Crippen LogP contribution in [0.3, 0.4) is 0 Å². The van der Waals surface area contributed by atoms with Crippen LogP contribution >= 0.6 is 11.3 Å². The van der Waals surface area contributed by atoms with Crippen LogP contribution in [0.25, 0.3) is 10.8 Å². The van der Waals surface area contributed by atoms with Crippen LogP contribution in [0.15, 0.2) is 42.5 Å². The van der Waals surface area contributed by atoms with Gasteiger partial charge in [0.05, 0.1) is 0 Å². The van der Waals surface area contributed by atoms with E-state index in [9.17, 15) is 0 Å². The fraction of sp³-hybridized carbons (Fsp3) is 0.143. The molecule has 0 bridgehead atoms. The van der Waals surface area contributed by atoms with Crippen molar-refractivity contribution in [3.63, 3.8) is 0 Å². The van der Waals surface area contributed by atoms with Gasteiger partial charge in [-0.3, -0.25) is 0 Å². The number of rotatable bonds is 3. The second-order valence-corrected chi connectivity index (χ2v) is 5.27. The van der Waals surface area contributed by atoms with Gasteiger partial charge in [0.2, 0.25) is 5.13 Å². The van der Waals surface area contributed by atoms with Crippen molar-refractivity contribution in [2.45, 2.75) is 12.8 Å². The van der Waals surface area contributed by atoms with Crippen molar-refractivity contribution < 1.29 is 0 Å². The summed E-state index contributed by atoms with van der Waals surface area (Å²) in [7, 11) is 0. The van der Waals surface area contributed by atoms with Crippen LogP contribution in [0, 0.1) is 0 Å². The maximum atomic E-state index is 5.58. The average molecular weight is 255 g/mol. The van der Waals surface area contributed by atoms with Crippen LogP contribution in [0.5, 0.6) is 0 Å². The van der Waals surface area contributed by atoms with E-state index in [-0.39, 0.29) is 0 Å². The van der Waals surface area contributed by atoms with Gasteiger partial charge in [-0.1, -0.05) is 53.8 Å². The summed E-state index contributed by atoms with van der Waals surface area (Å²) in [6.07, 6.45) is 1.86. The fourth-order valence-corrected chi connectivity index (χ4v) is 2.73. The largest absolute Gasteiger partial charge is 0.374 e. The van der Waals surface area contributed by atoms with Gasteiger partial charge in [0.15, 0.2) is 0 Å². The third-order valence-electron chi connectivity index (χ3n) is 2.97. The Hall–Kier alpha value is -1.94. The number of hydrogen-bond donors (Lipinski definition) is 1. The summed E-state index contributed by atoms with van der Waals surface area (Å²) in [5, 5.41) is 12.0. The lowest BCUT2D eigenvalue weighted by molar-refractivity contribution is 0.911. The molecule has 2 aromatic carbocycles. The van der Waals surface area contributed by atoms with Gasteiger partial charge in [-0.15, -0.1) is 10.2 Å². The van der Waals surface area contributed by atoms with Crippen molar-refractivity contribution in [2.24, 2.45) is 0 Å². The molecule has 0 fully saturated rings. The van der Waals surface area contributed by atoms with Gasteiger partial charge in [-0.05, 0) is 22.8 Å². The average Bonchev–Trinajstić information content (AvgIpc) is 2.82. The number of anilines is 1. The smallest absolute Gasteiger partial charge is 0.203 e. The number of hydrogen-bond acceptors (Lipinski definition) is 4. The highest BCUT2D eigenvalue weighted by Gasteiger charge is 2.04. The summed E-state index contributed by atoms with van der Waals surface area (Å²) in [6.45, 7) is 0. The lowest BCUT2D eigenvalue weighted by atomic mass is 10.0. The first-order valence-corrected chi connectivity index (χ1v) is 6.69. The van der Waals surface area contributed by atoms with Crippen molar-refractivity contribution in [3.05, 3.63) is 53.0 Å². The van der Waals surface area contributed by atoms with E-state index in [1.165, 1.54) is 27.7 Å². The molecule has 0 radical (unpaired) electrons. The Morgan fingerprint density at radius 3 is 2.61 bits per heavy atom. The summed E-state index contributed by atoms with van der Waals surface area (Å²) in [4.78, 5) is 0. The number of benzene rings is 2. The monoisotopic (exact) mass is 255 g/mol. The Morgan fingerprint density at radius 2 is 1.78 bits per heavy atom. The molecule has 0 spiro atoms. The van der Waals surface area contributed by atoms with Crippen molar-refractivity contribution in [1.82, 2.24) is 10.2 Å². The molecule has 1 aromatic heterocycles. The fourth-order valence-electron chi connectivity index (χ4n) is 2.12. The molecule has 0 atom stereocenters. The molecule has 90 valence electrons. The van der Waals surface area contributed by atoms with Gasteiger partial charge < -0.3 is 5.73 Å². The molecule has 18 heavy (non-hydrogen) atoms. The predicted molar refractivity (Wildman–Crippen MR) is 75.7 cm³/mol. The first-order valence-electron chi connectivity index (χ1n) is 5.87. The number of nitrogens with two attached hydrogens (primary N) is 1. The van der Waals surface area contributed by atoms with Crippen molar-refractivity contribution in [1.29, 1.82) is 0 Å². The molecule has 0 aliphatic heterocycles. The standard InChI is InChI=1S/C14H13N3S/c15-14-17-16-13(18-14)9-8-11-6-3-5-10-4-1-2-7-12(10)11/h1-7H,8-9H2,(H2,15,17). The minimum Gasteiger partial charge on any atom is -0.374 e. The first-order chi connectivity index (χ1) is 8.83. The van der Waals surface area contributed by atoms with Gasteiger partial charge in [0.1, 0.15) is 5.01 Å². The normalized spacial score (nSPS) is 10.9. The molecule has 0 amide bonds. The van der Waals surface area contributed by atoms with E-state index in [1.807, 2.05) is 0 Å². The quantitative estimate of drug-likeness (QED) is 0.782. The second kappa shape index (κ2) is 4.74. The number of aryl methyl sites for hydroxylation is 2. The number of fused-ring (bicyclic) bond motifs is 1. The van der Waals surface area contributed by atoms with Crippen LogP contribution in [-0.4, -0.2) is 10.2 Å². The van der Waals surface area contributed by atoms with Crippen molar-refractivity contribution >= 4 is 27.2 Å². The minimum absolute atomic E-state index is 0.544. The zero-order valence-electron chi connectivity index (χ0n) is 9.84. The van der Waals surface area contributed by atoms with Gasteiger partial charge in [0, 0.05) is 6.42 Å². The zero-order chi connectivity index (χ0) is 12.4. The summed E-state index contributed by atoms with van der Waals surface area (Å²) in [5.74, 6) is 0. The molecule has 0 aliphatic carbocycles. The molecule has 0 saturated heterocycles. The SMILES string of the molecule is Nc1nnc(CCc2cccc3ccccc23)s1. The van der Waals surface area contributed by atoms with E-state index in [4.69, 9.17) is 5.73 Å². The van der Waals surface area contributed by atoms with E-state index in [2.05, 4.69) is 52.7 Å². The third kappa shape index (κ3) is 2.19. The minimum atomic E-state index is 0.544. The maximum Gasteiger partial charge on any atom is 0.203 e. The van der Waals surface area contributed by atoms with Crippen LogP contribution < -0.4 is 5.73 Å². The molecule has 4 heteroatoms. The van der Waals surface area contributed by atoms with E-state index >= 15 is 0 Å². The lowest BCUT2D eigenvalue weighted by Crippen LogP contribution is -1.92. The lowest BCUT2D eigenvalue weighted by Gasteiger charge is -2.04.